The fourth-order valence-electron chi connectivity index (χ4n) is 3.83. The number of aliphatic carboxylic acids is 1. The number of carboxylic acids is 1. The molecule has 0 aliphatic heterocycles. The van der Waals surface area contributed by atoms with Crippen LogP contribution in [0.4, 0.5) is 0 Å². The summed E-state index contributed by atoms with van der Waals surface area (Å²) < 4.78 is 38.9. The Morgan fingerprint density at radius 3 is 1.87 bits per heavy atom. The van der Waals surface area contributed by atoms with Crippen molar-refractivity contribution in [2.24, 2.45) is 0 Å². The zero-order valence-corrected chi connectivity index (χ0v) is 20.0. The first-order valence-electron chi connectivity index (χ1n) is 11.8. The number of carbonyl (C=O) groups is 1. The highest BCUT2D eigenvalue weighted by Crippen LogP contribution is 2.33. The molecule has 0 unspecified atom stereocenters. The summed E-state index contributed by atoms with van der Waals surface area (Å²) in [4.78, 5) is 10.7. The molecular weight excluding hydrogens is 416 g/mol. The normalized spacial score (nSPS) is 11.6. The van der Waals surface area contributed by atoms with Crippen molar-refractivity contribution in [3.8, 4) is 5.75 Å². The van der Waals surface area contributed by atoms with Gasteiger partial charge in [0.15, 0.2) is 6.61 Å². The molecule has 0 bridgehead atoms. The summed E-state index contributed by atoms with van der Waals surface area (Å²) in [6, 6.07) is 3.08. The van der Waals surface area contributed by atoms with Crippen LogP contribution in [-0.2, 0) is 27.8 Å². The number of hydrogen-bond donors (Lipinski definition) is 2. The zero-order valence-electron chi connectivity index (χ0n) is 19.2. The van der Waals surface area contributed by atoms with Crippen LogP contribution in [0.15, 0.2) is 17.0 Å². The number of ether oxygens (including phenoxy) is 1. The molecule has 1 aromatic rings. The van der Waals surface area contributed by atoms with Gasteiger partial charge in [-0.25, -0.2) is 4.79 Å². The van der Waals surface area contributed by atoms with E-state index in [2.05, 4.69) is 13.8 Å². The van der Waals surface area contributed by atoms with Gasteiger partial charge in [0, 0.05) is 0 Å². The fourth-order valence-corrected chi connectivity index (χ4v) is 4.48. The first-order chi connectivity index (χ1) is 14.8. The van der Waals surface area contributed by atoms with Crippen LogP contribution in [0.25, 0.3) is 0 Å². The molecule has 0 aliphatic carbocycles. The third-order valence-corrected chi connectivity index (χ3v) is 6.40. The van der Waals surface area contributed by atoms with Gasteiger partial charge in [0.25, 0.3) is 10.1 Å². The molecule has 178 valence electrons. The molecule has 2 N–H and O–H groups in total. The molecule has 0 amide bonds. The van der Waals surface area contributed by atoms with Crippen LogP contribution >= 0.6 is 0 Å². The smallest absolute Gasteiger partial charge is 0.341 e. The van der Waals surface area contributed by atoms with E-state index in [1.54, 1.807) is 6.07 Å². The summed E-state index contributed by atoms with van der Waals surface area (Å²) >= 11 is 0. The van der Waals surface area contributed by atoms with Crippen molar-refractivity contribution < 1.29 is 27.6 Å². The second kappa shape index (κ2) is 15.2. The highest BCUT2D eigenvalue weighted by atomic mass is 32.2. The average molecular weight is 457 g/mol. The molecular formula is C24H40O6S. The second-order valence-electron chi connectivity index (χ2n) is 8.22. The summed E-state index contributed by atoms with van der Waals surface area (Å²) in [5, 5.41) is 9.03. The van der Waals surface area contributed by atoms with E-state index >= 15 is 0 Å². The Morgan fingerprint density at radius 2 is 1.35 bits per heavy atom. The third kappa shape index (κ3) is 11.0. The lowest BCUT2D eigenvalue weighted by molar-refractivity contribution is -0.139. The quantitative estimate of drug-likeness (QED) is 0.201. The maximum Gasteiger partial charge on any atom is 0.341 e. The van der Waals surface area contributed by atoms with Crippen LogP contribution in [0.2, 0.25) is 0 Å². The van der Waals surface area contributed by atoms with Gasteiger partial charge in [-0.05, 0) is 42.9 Å². The molecule has 1 rings (SSSR count). The first-order valence-corrected chi connectivity index (χ1v) is 13.2. The van der Waals surface area contributed by atoms with Gasteiger partial charge in [-0.15, -0.1) is 0 Å². The summed E-state index contributed by atoms with van der Waals surface area (Å²) in [6.45, 7) is 3.71. The monoisotopic (exact) mass is 456 g/mol. The van der Waals surface area contributed by atoms with E-state index in [1.807, 2.05) is 0 Å². The van der Waals surface area contributed by atoms with Crippen LogP contribution in [0.3, 0.4) is 0 Å². The SMILES string of the molecule is CCCCCCCCc1ccc(S(=O)(=O)O)c(OCC(=O)O)c1CCCCCCCC. The minimum absolute atomic E-state index is 0.00180. The number of aryl methyl sites for hydroxylation is 1. The van der Waals surface area contributed by atoms with Crippen LogP contribution in [-0.4, -0.2) is 30.7 Å². The predicted molar refractivity (Wildman–Crippen MR) is 124 cm³/mol. The Hall–Kier alpha value is -1.60. The lowest BCUT2D eigenvalue weighted by Crippen LogP contribution is -2.14. The van der Waals surface area contributed by atoms with E-state index in [9.17, 15) is 17.8 Å². The molecule has 7 heteroatoms. The Balaban J connectivity index is 3.03. The Labute approximate surface area is 188 Å². The molecule has 0 aromatic heterocycles. The number of benzene rings is 1. The summed E-state index contributed by atoms with van der Waals surface area (Å²) in [5.74, 6) is -1.19. The lowest BCUT2D eigenvalue weighted by atomic mass is 9.95. The van der Waals surface area contributed by atoms with E-state index in [4.69, 9.17) is 9.84 Å². The molecule has 0 spiro atoms. The maximum atomic E-state index is 11.9. The summed E-state index contributed by atoms with van der Waals surface area (Å²) in [7, 11) is -4.52. The van der Waals surface area contributed by atoms with Crippen molar-refractivity contribution in [3.05, 3.63) is 23.3 Å². The summed E-state index contributed by atoms with van der Waals surface area (Å²) in [5.41, 5.74) is 1.71. The average Bonchev–Trinajstić information content (AvgIpc) is 2.71. The van der Waals surface area contributed by atoms with Crippen LogP contribution in [0.5, 0.6) is 5.75 Å². The molecule has 0 fully saturated rings. The van der Waals surface area contributed by atoms with Gasteiger partial charge in [0.05, 0.1) is 0 Å². The number of carboxylic acid groups (broad SMARTS) is 1. The topological polar surface area (TPSA) is 101 Å². The molecule has 0 saturated heterocycles. The van der Waals surface area contributed by atoms with E-state index in [0.29, 0.717) is 6.42 Å². The van der Waals surface area contributed by atoms with Gasteiger partial charge in [-0.2, -0.15) is 8.42 Å². The van der Waals surface area contributed by atoms with Gasteiger partial charge in [0.1, 0.15) is 10.6 Å². The highest BCUT2D eigenvalue weighted by molar-refractivity contribution is 7.86. The van der Waals surface area contributed by atoms with Crippen molar-refractivity contribution in [1.29, 1.82) is 0 Å². The molecule has 0 heterocycles. The highest BCUT2D eigenvalue weighted by Gasteiger charge is 2.23. The Bertz CT molecular complexity index is 758. The van der Waals surface area contributed by atoms with Crippen molar-refractivity contribution in [2.75, 3.05) is 6.61 Å². The van der Waals surface area contributed by atoms with E-state index in [1.165, 1.54) is 51.0 Å². The van der Waals surface area contributed by atoms with E-state index in [-0.39, 0.29) is 10.6 Å². The molecule has 6 nitrogen and oxygen atoms in total. The molecule has 0 saturated carbocycles. The number of unbranched alkanes of at least 4 members (excludes halogenated alkanes) is 10. The minimum Gasteiger partial charge on any atom is -0.480 e. The van der Waals surface area contributed by atoms with Crippen LogP contribution in [0, 0.1) is 0 Å². The van der Waals surface area contributed by atoms with Crippen LogP contribution < -0.4 is 4.74 Å². The zero-order chi connectivity index (χ0) is 23.1. The van der Waals surface area contributed by atoms with E-state index < -0.39 is 22.7 Å². The second-order valence-corrected chi connectivity index (χ2v) is 9.61. The van der Waals surface area contributed by atoms with Gasteiger partial charge in [-0.3, -0.25) is 4.55 Å². The van der Waals surface area contributed by atoms with Crippen molar-refractivity contribution in [3.63, 3.8) is 0 Å². The van der Waals surface area contributed by atoms with Gasteiger partial charge in [-0.1, -0.05) is 84.1 Å². The Kier molecular flexibility index (Phi) is 13.5. The van der Waals surface area contributed by atoms with E-state index in [0.717, 1.165) is 49.7 Å². The fraction of sp³-hybridized carbons (Fsp3) is 0.708. The van der Waals surface area contributed by atoms with Gasteiger partial charge in [0.2, 0.25) is 0 Å². The predicted octanol–water partition coefficient (Wildman–Crippen LogP) is 6.20. The van der Waals surface area contributed by atoms with Crippen LogP contribution in [0.1, 0.15) is 102 Å². The molecule has 0 atom stereocenters. The van der Waals surface area contributed by atoms with Crippen molar-refractivity contribution >= 4 is 16.1 Å². The first kappa shape index (κ1) is 27.4. The summed E-state index contributed by atoms with van der Waals surface area (Å²) in [6.07, 6.45) is 14.8. The number of rotatable bonds is 18. The van der Waals surface area contributed by atoms with Crippen molar-refractivity contribution in [1.82, 2.24) is 0 Å². The van der Waals surface area contributed by atoms with Gasteiger partial charge < -0.3 is 9.84 Å². The largest absolute Gasteiger partial charge is 0.480 e. The lowest BCUT2D eigenvalue weighted by Gasteiger charge is -2.18. The van der Waals surface area contributed by atoms with Crippen molar-refractivity contribution in [2.45, 2.75) is 109 Å². The number of hydrogen-bond acceptors (Lipinski definition) is 4. The maximum absolute atomic E-state index is 11.9. The Morgan fingerprint density at radius 1 is 0.839 bits per heavy atom. The standard InChI is InChI=1S/C24H40O6S/c1-3-5-7-9-11-13-15-20-17-18-22(31(27,28)29)24(30-19-23(25)26)21(20)16-14-12-10-8-6-4-2/h17-18H,3-16,19H2,1-2H3,(H,25,26)(H,27,28,29). The molecule has 31 heavy (non-hydrogen) atoms. The molecule has 0 aliphatic rings. The molecule has 0 radical (unpaired) electrons. The third-order valence-electron chi connectivity index (χ3n) is 5.52. The van der Waals surface area contributed by atoms with Gasteiger partial charge >= 0.3 is 5.97 Å². The molecule has 1 aromatic carbocycles. The minimum atomic E-state index is -4.52.